The van der Waals surface area contributed by atoms with Gasteiger partial charge in [-0.25, -0.2) is 0 Å². The van der Waals surface area contributed by atoms with Crippen molar-refractivity contribution in [2.75, 3.05) is 34.4 Å². The zero-order valence-corrected chi connectivity index (χ0v) is 12.0. The standard InChI is InChI=1S/C15H23NO3/c1-16(10-15(11-17)6-7-15)9-12-4-5-13(18-2)14(8-12)19-3/h4-5,8,17H,6-7,9-11H2,1-3H3. The molecular weight excluding hydrogens is 242 g/mol. The first kappa shape index (κ1) is 14.2. The van der Waals surface area contributed by atoms with Crippen molar-refractivity contribution in [3.8, 4) is 11.5 Å². The Labute approximate surface area is 114 Å². The summed E-state index contributed by atoms with van der Waals surface area (Å²) >= 11 is 0. The summed E-state index contributed by atoms with van der Waals surface area (Å²) in [6, 6.07) is 5.99. The second-order valence-electron chi connectivity index (χ2n) is 5.52. The molecule has 4 nitrogen and oxygen atoms in total. The number of benzene rings is 1. The lowest BCUT2D eigenvalue weighted by Crippen LogP contribution is -2.28. The van der Waals surface area contributed by atoms with Gasteiger partial charge in [0.1, 0.15) is 0 Å². The van der Waals surface area contributed by atoms with Crippen molar-refractivity contribution in [1.29, 1.82) is 0 Å². The molecule has 1 saturated carbocycles. The molecule has 1 aliphatic carbocycles. The first-order chi connectivity index (χ1) is 9.12. The minimum Gasteiger partial charge on any atom is -0.493 e. The maximum atomic E-state index is 9.36. The van der Waals surface area contributed by atoms with E-state index in [0.29, 0.717) is 6.61 Å². The molecular formula is C15H23NO3. The normalized spacial score (nSPS) is 16.5. The second-order valence-corrected chi connectivity index (χ2v) is 5.52. The SMILES string of the molecule is COc1ccc(CN(C)CC2(CO)CC2)cc1OC. The van der Waals surface area contributed by atoms with E-state index < -0.39 is 0 Å². The highest BCUT2D eigenvalue weighted by Crippen LogP contribution is 2.45. The zero-order valence-electron chi connectivity index (χ0n) is 12.0. The van der Waals surface area contributed by atoms with E-state index in [0.717, 1.165) is 37.4 Å². The van der Waals surface area contributed by atoms with Crippen LogP contribution in [-0.2, 0) is 6.54 Å². The molecule has 106 valence electrons. The Morgan fingerprint density at radius 1 is 1.21 bits per heavy atom. The highest BCUT2D eigenvalue weighted by molar-refractivity contribution is 5.42. The first-order valence-electron chi connectivity index (χ1n) is 6.63. The van der Waals surface area contributed by atoms with Crippen LogP contribution < -0.4 is 9.47 Å². The Bertz CT molecular complexity index is 429. The van der Waals surface area contributed by atoms with E-state index in [9.17, 15) is 5.11 Å². The molecule has 1 fully saturated rings. The van der Waals surface area contributed by atoms with Gasteiger partial charge >= 0.3 is 0 Å². The molecule has 0 unspecified atom stereocenters. The number of rotatable bonds is 7. The van der Waals surface area contributed by atoms with Crippen LogP contribution in [0.2, 0.25) is 0 Å². The van der Waals surface area contributed by atoms with Gasteiger partial charge in [-0.3, -0.25) is 0 Å². The molecule has 0 saturated heterocycles. The summed E-state index contributed by atoms with van der Waals surface area (Å²) in [6.45, 7) is 2.09. The Balaban J connectivity index is 1.98. The van der Waals surface area contributed by atoms with Crippen molar-refractivity contribution in [3.05, 3.63) is 23.8 Å². The second kappa shape index (κ2) is 5.80. The van der Waals surface area contributed by atoms with E-state index in [1.165, 1.54) is 5.56 Å². The fourth-order valence-corrected chi connectivity index (χ4v) is 2.46. The Hall–Kier alpha value is -1.26. The van der Waals surface area contributed by atoms with Crippen LogP contribution in [0.4, 0.5) is 0 Å². The molecule has 4 heteroatoms. The number of aliphatic hydroxyl groups is 1. The van der Waals surface area contributed by atoms with Crippen molar-refractivity contribution < 1.29 is 14.6 Å². The average molecular weight is 265 g/mol. The number of hydrogen-bond acceptors (Lipinski definition) is 4. The third-order valence-electron chi connectivity index (χ3n) is 3.80. The Morgan fingerprint density at radius 3 is 2.42 bits per heavy atom. The highest BCUT2D eigenvalue weighted by Gasteiger charge is 2.42. The summed E-state index contributed by atoms with van der Waals surface area (Å²) in [7, 11) is 5.38. The van der Waals surface area contributed by atoms with Crippen LogP contribution in [0, 0.1) is 5.41 Å². The maximum Gasteiger partial charge on any atom is 0.161 e. The number of aliphatic hydroxyl groups excluding tert-OH is 1. The van der Waals surface area contributed by atoms with Gasteiger partial charge in [-0.2, -0.15) is 0 Å². The van der Waals surface area contributed by atoms with Crippen LogP contribution in [0.15, 0.2) is 18.2 Å². The van der Waals surface area contributed by atoms with Crippen molar-refractivity contribution in [3.63, 3.8) is 0 Å². The molecule has 0 amide bonds. The fraction of sp³-hybridized carbons (Fsp3) is 0.600. The summed E-state index contributed by atoms with van der Waals surface area (Å²) in [5.74, 6) is 1.51. The van der Waals surface area contributed by atoms with Crippen molar-refractivity contribution >= 4 is 0 Å². The Morgan fingerprint density at radius 2 is 1.89 bits per heavy atom. The van der Waals surface area contributed by atoms with E-state index in [2.05, 4.69) is 18.0 Å². The van der Waals surface area contributed by atoms with Crippen LogP contribution in [0.25, 0.3) is 0 Å². The lowest BCUT2D eigenvalue weighted by atomic mass is 10.1. The highest BCUT2D eigenvalue weighted by atomic mass is 16.5. The van der Waals surface area contributed by atoms with E-state index >= 15 is 0 Å². The smallest absolute Gasteiger partial charge is 0.161 e. The third kappa shape index (κ3) is 3.39. The minimum absolute atomic E-state index is 0.158. The molecule has 0 spiro atoms. The van der Waals surface area contributed by atoms with Gasteiger partial charge in [-0.05, 0) is 37.6 Å². The average Bonchev–Trinajstić information content (AvgIpc) is 3.18. The lowest BCUT2D eigenvalue weighted by Gasteiger charge is -2.22. The summed E-state index contributed by atoms with van der Waals surface area (Å²) in [6.07, 6.45) is 2.28. The monoisotopic (exact) mass is 265 g/mol. The van der Waals surface area contributed by atoms with Crippen LogP contribution in [-0.4, -0.2) is 44.4 Å². The Kier molecular flexibility index (Phi) is 4.32. The van der Waals surface area contributed by atoms with Gasteiger partial charge in [0.15, 0.2) is 11.5 Å². The molecule has 0 radical (unpaired) electrons. The van der Waals surface area contributed by atoms with Crippen molar-refractivity contribution in [2.24, 2.45) is 5.41 Å². The van der Waals surface area contributed by atoms with E-state index in [-0.39, 0.29) is 5.41 Å². The van der Waals surface area contributed by atoms with E-state index in [4.69, 9.17) is 9.47 Å². The van der Waals surface area contributed by atoms with Gasteiger partial charge in [-0.15, -0.1) is 0 Å². The lowest BCUT2D eigenvalue weighted by molar-refractivity contribution is 0.161. The maximum absolute atomic E-state index is 9.36. The van der Waals surface area contributed by atoms with Crippen LogP contribution in [0.5, 0.6) is 11.5 Å². The summed E-state index contributed by atoms with van der Waals surface area (Å²) in [4.78, 5) is 2.25. The molecule has 2 rings (SSSR count). The summed E-state index contributed by atoms with van der Waals surface area (Å²) < 4.78 is 10.5. The molecule has 0 bridgehead atoms. The zero-order chi connectivity index (χ0) is 13.9. The number of nitrogens with zero attached hydrogens (tertiary/aromatic N) is 1. The first-order valence-corrected chi connectivity index (χ1v) is 6.63. The summed E-state index contributed by atoms with van der Waals surface area (Å²) in [5, 5.41) is 9.36. The van der Waals surface area contributed by atoms with Crippen LogP contribution in [0.1, 0.15) is 18.4 Å². The predicted octanol–water partition coefficient (Wildman–Crippen LogP) is 1.91. The van der Waals surface area contributed by atoms with E-state index in [1.54, 1.807) is 14.2 Å². The molecule has 0 heterocycles. The predicted molar refractivity (Wildman–Crippen MR) is 74.6 cm³/mol. The van der Waals surface area contributed by atoms with Crippen molar-refractivity contribution in [2.45, 2.75) is 19.4 Å². The van der Waals surface area contributed by atoms with E-state index in [1.807, 2.05) is 12.1 Å². The van der Waals surface area contributed by atoms with Gasteiger partial charge in [0, 0.05) is 25.1 Å². The van der Waals surface area contributed by atoms with Gasteiger partial charge in [0.05, 0.1) is 14.2 Å². The molecule has 1 aromatic carbocycles. The fourth-order valence-electron chi connectivity index (χ4n) is 2.46. The topological polar surface area (TPSA) is 41.9 Å². The van der Waals surface area contributed by atoms with Crippen LogP contribution >= 0.6 is 0 Å². The van der Waals surface area contributed by atoms with Gasteiger partial charge in [0.25, 0.3) is 0 Å². The molecule has 1 aliphatic rings. The van der Waals surface area contributed by atoms with Crippen molar-refractivity contribution in [1.82, 2.24) is 4.90 Å². The van der Waals surface area contributed by atoms with Gasteiger partial charge < -0.3 is 19.5 Å². The molecule has 1 N–H and O–H groups in total. The molecule has 0 atom stereocenters. The van der Waals surface area contributed by atoms with Gasteiger partial charge in [0.2, 0.25) is 0 Å². The van der Waals surface area contributed by atoms with Gasteiger partial charge in [-0.1, -0.05) is 6.07 Å². The molecule has 0 aromatic heterocycles. The number of ether oxygens (including phenoxy) is 2. The number of hydrogen-bond donors (Lipinski definition) is 1. The minimum atomic E-state index is 0.158. The molecule has 0 aliphatic heterocycles. The molecule has 19 heavy (non-hydrogen) atoms. The summed E-state index contributed by atoms with van der Waals surface area (Å²) in [5.41, 5.74) is 1.35. The largest absolute Gasteiger partial charge is 0.493 e. The quantitative estimate of drug-likeness (QED) is 0.817. The number of methoxy groups -OCH3 is 2. The van der Waals surface area contributed by atoms with Crippen LogP contribution in [0.3, 0.4) is 0 Å². The molecule has 1 aromatic rings. The third-order valence-corrected chi connectivity index (χ3v) is 3.80.